The van der Waals surface area contributed by atoms with Crippen LogP contribution in [-0.2, 0) is 5.41 Å². The predicted molar refractivity (Wildman–Crippen MR) is 60.4 cm³/mol. The van der Waals surface area contributed by atoms with Gasteiger partial charge in [-0.15, -0.1) is 0 Å². The molecule has 0 spiro atoms. The Kier molecular flexibility index (Phi) is 2.22. The molecule has 0 aliphatic carbocycles. The van der Waals surface area contributed by atoms with Gasteiger partial charge in [-0.05, 0) is 17.0 Å². The fourth-order valence-corrected chi connectivity index (χ4v) is 1.59. The molecule has 0 radical (unpaired) electrons. The molecule has 1 aromatic heterocycles. The summed E-state index contributed by atoms with van der Waals surface area (Å²) in [6.07, 6.45) is 2.94. The molecule has 2 rings (SSSR count). The van der Waals surface area contributed by atoms with Crippen LogP contribution in [0, 0.1) is 5.82 Å². The van der Waals surface area contributed by atoms with E-state index in [2.05, 4.69) is 25.8 Å². The van der Waals surface area contributed by atoms with E-state index in [0.717, 1.165) is 10.9 Å². The first-order valence-electron chi connectivity index (χ1n) is 5.02. The number of aromatic nitrogens is 1. The fraction of sp³-hybridized carbons (Fsp3) is 0.308. The van der Waals surface area contributed by atoms with E-state index < -0.39 is 0 Å². The number of rotatable bonds is 0. The molecule has 0 aliphatic heterocycles. The summed E-state index contributed by atoms with van der Waals surface area (Å²) in [6, 6.07) is 5.86. The second-order valence-electron chi connectivity index (χ2n) is 4.81. The van der Waals surface area contributed by atoms with Gasteiger partial charge in [-0.1, -0.05) is 32.9 Å². The predicted octanol–water partition coefficient (Wildman–Crippen LogP) is 3.67. The van der Waals surface area contributed by atoms with E-state index in [1.54, 1.807) is 6.20 Å². The number of pyridine rings is 1. The lowest BCUT2D eigenvalue weighted by atomic mass is 9.86. The maximum atomic E-state index is 13.5. The Labute approximate surface area is 89.0 Å². The molecule has 0 bridgehead atoms. The van der Waals surface area contributed by atoms with Crippen LogP contribution in [-0.4, -0.2) is 4.98 Å². The molecule has 0 atom stereocenters. The fourth-order valence-electron chi connectivity index (χ4n) is 1.59. The summed E-state index contributed by atoms with van der Waals surface area (Å²) < 4.78 is 13.5. The van der Waals surface area contributed by atoms with Gasteiger partial charge in [-0.25, -0.2) is 4.39 Å². The molecule has 1 aromatic carbocycles. The maximum absolute atomic E-state index is 13.5. The lowest BCUT2D eigenvalue weighted by molar-refractivity contribution is 0.590. The smallest absolute Gasteiger partial charge is 0.149 e. The van der Waals surface area contributed by atoms with Crippen molar-refractivity contribution in [3.05, 3.63) is 42.0 Å². The van der Waals surface area contributed by atoms with Crippen LogP contribution in [0.15, 0.2) is 30.6 Å². The van der Waals surface area contributed by atoms with Gasteiger partial charge in [0.2, 0.25) is 0 Å². The lowest BCUT2D eigenvalue weighted by Gasteiger charge is -2.19. The third-order valence-corrected chi connectivity index (χ3v) is 2.58. The number of nitrogens with zero attached hydrogens (tertiary/aromatic N) is 1. The molecule has 0 saturated heterocycles. The Balaban J connectivity index is 2.70. The van der Waals surface area contributed by atoms with Gasteiger partial charge in [0.25, 0.3) is 0 Å². The quantitative estimate of drug-likeness (QED) is 0.636. The average Bonchev–Trinajstić information content (AvgIpc) is 2.16. The van der Waals surface area contributed by atoms with Gasteiger partial charge in [0, 0.05) is 17.0 Å². The van der Waals surface area contributed by atoms with Gasteiger partial charge in [0.15, 0.2) is 0 Å². The van der Waals surface area contributed by atoms with Gasteiger partial charge in [-0.3, -0.25) is 4.98 Å². The van der Waals surface area contributed by atoms with Gasteiger partial charge in [0.05, 0.1) is 6.20 Å². The van der Waals surface area contributed by atoms with Crippen molar-refractivity contribution in [1.29, 1.82) is 0 Å². The molecule has 78 valence electrons. The standard InChI is InChI=1S/C13H14FN/c1-13(2,3)10-5-4-9-7-15-8-12(14)11(9)6-10/h4-8H,1-3H3. The summed E-state index contributed by atoms with van der Waals surface area (Å²) in [4.78, 5) is 3.83. The Hall–Kier alpha value is -1.44. The summed E-state index contributed by atoms with van der Waals surface area (Å²) in [6.45, 7) is 6.35. The molecule has 0 saturated carbocycles. The highest BCUT2D eigenvalue weighted by molar-refractivity contribution is 5.82. The summed E-state index contributed by atoms with van der Waals surface area (Å²) in [5, 5.41) is 1.50. The van der Waals surface area contributed by atoms with Gasteiger partial charge in [0.1, 0.15) is 5.82 Å². The minimum absolute atomic E-state index is 0.0455. The van der Waals surface area contributed by atoms with E-state index >= 15 is 0 Å². The lowest BCUT2D eigenvalue weighted by Crippen LogP contribution is -2.10. The first-order valence-corrected chi connectivity index (χ1v) is 5.02. The van der Waals surface area contributed by atoms with Crippen molar-refractivity contribution >= 4 is 10.8 Å². The number of hydrogen-bond acceptors (Lipinski definition) is 1. The first kappa shape index (κ1) is 10.1. The van der Waals surface area contributed by atoms with Crippen LogP contribution in [0.25, 0.3) is 10.8 Å². The highest BCUT2D eigenvalue weighted by atomic mass is 19.1. The molecule has 15 heavy (non-hydrogen) atoms. The topological polar surface area (TPSA) is 12.9 Å². The molecule has 1 heterocycles. The molecule has 0 N–H and O–H groups in total. The van der Waals surface area contributed by atoms with Crippen LogP contribution in [0.2, 0.25) is 0 Å². The summed E-state index contributed by atoms with van der Waals surface area (Å²) in [7, 11) is 0. The minimum Gasteiger partial charge on any atom is -0.261 e. The Morgan fingerprint density at radius 2 is 1.87 bits per heavy atom. The largest absolute Gasteiger partial charge is 0.261 e. The zero-order chi connectivity index (χ0) is 11.1. The minimum atomic E-state index is -0.251. The van der Waals surface area contributed by atoms with Crippen LogP contribution in [0.1, 0.15) is 26.3 Å². The molecule has 0 amide bonds. The molecule has 0 aliphatic rings. The van der Waals surface area contributed by atoms with Gasteiger partial charge >= 0.3 is 0 Å². The van der Waals surface area contributed by atoms with Crippen molar-refractivity contribution in [2.45, 2.75) is 26.2 Å². The summed E-state index contributed by atoms with van der Waals surface area (Å²) >= 11 is 0. The van der Waals surface area contributed by atoms with E-state index in [-0.39, 0.29) is 11.2 Å². The van der Waals surface area contributed by atoms with Crippen LogP contribution < -0.4 is 0 Å². The van der Waals surface area contributed by atoms with Crippen molar-refractivity contribution in [1.82, 2.24) is 4.98 Å². The molecule has 2 heteroatoms. The molecular formula is C13H14FN. The van der Waals surface area contributed by atoms with Crippen LogP contribution >= 0.6 is 0 Å². The molecule has 1 nitrogen and oxygen atoms in total. The van der Waals surface area contributed by atoms with Crippen LogP contribution in [0.4, 0.5) is 4.39 Å². The molecule has 0 unspecified atom stereocenters. The van der Waals surface area contributed by atoms with E-state index in [1.165, 1.54) is 6.20 Å². The summed E-state index contributed by atoms with van der Waals surface area (Å²) in [5.41, 5.74) is 1.18. The Bertz CT molecular complexity index is 497. The van der Waals surface area contributed by atoms with Crippen molar-refractivity contribution in [3.63, 3.8) is 0 Å². The van der Waals surface area contributed by atoms with Crippen molar-refractivity contribution < 1.29 is 4.39 Å². The molecule has 2 aromatic rings. The normalized spacial score (nSPS) is 12.0. The first-order chi connectivity index (χ1) is 6.98. The molecular weight excluding hydrogens is 189 g/mol. The van der Waals surface area contributed by atoms with Crippen molar-refractivity contribution in [2.75, 3.05) is 0 Å². The van der Waals surface area contributed by atoms with Gasteiger partial charge in [-0.2, -0.15) is 0 Å². The third kappa shape index (κ3) is 1.84. The van der Waals surface area contributed by atoms with E-state index in [1.807, 2.05) is 18.2 Å². The van der Waals surface area contributed by atoms with E-state index in [0.29, 0.717) is 5.39 Å². The van der Waals surface area contributed by atoms with E-state index in [9.17, 15) is 4.39 Å². The van der Waals surface area contributed by atoms with Crippen LogP contribution in [0.5, 0.6) is 0 Å². The number of benzene rings is 1. The zero-order valence-electron chi connectivity index (χ0n) is 9.21. The summed E-state index contributed by atoms with van der Waals surface area (Å²) in [5.74, 6) is -0.251. The number of fused-ring (bicyclic) bond motifs is 1. The molecule has 0 fully saturated rings. The van der Waals surface area contributed by atoms with Crippen LogP contribution in [0.3, 0.4) is 0 Å². The maximum Gasteiger partial charge on any atom is 0.149 e. The van der Waals surface area contributed by atoms with Gasteiger partial charge < -0.3 is 0 Å². The third-order valence-electron chi connectivity index (χ3n) is 2.58. The Morgan fingerprint density at radius 1 is 1.13 bits per heavy atom. The van der Waals surface area contributed by atoms with Crippen molar-refractivity contribution in [3.8, 4) is 0 Å². The zero-order valence-corrected chi connectivity index (χ0v) is 9.21. The Morgan fingerprint density at radius 3 is 2.53 bits per heavy atom. The highest BCUT2D eigenvalue weighted by Crippen LogP contribution is 2.26. The number of hydrogen-bond donors (Lipinski definition) is 0. The van der Waals surface area contributed by atoms with Crippen molar-refractivity contribution in [2.24, 2.45) is 0 Å². The average molecular weight is 203 g/mol. The highest BCUT2D eigenvalue weighted by Gasteiger charge is 2.14. The second-order valence-corrected chi connectivity index (χ2v) is 4.81. The monoisotopic (exact) mass is 203 g/mol. The van der Waals surface area contributed by atoms with E-state index in [4.69, 9.17) is 0 Å². The SMILES string of the molecule is CC(C)(C)c1ccc2cncc(F)c2c1. The number of halogens is 1. The second kappa shape index (κ2) is 3.30.